The Hall–Kier alpha value is -2.11. The number of rotatable bonds is 4. The van der Waals surface area contributed by atoms with E-state index in [2.05, 4.69) is 10.1 Å². The molecule has 0 saturated carbocycles. The zero-order chi connectivity index (χ0) is 12.4. The maximum absolute atomic E-state index is 10.7. The molecule has 90 valence electrons. The molecule has 0 aliphatic rings. The van der Waals surface area contributed by atoms with Crippen molar-refractivity contribution in [3.05, 3.63) is 23.7 Å². The first kappa shape index (κ1) is 11.4. The van der Waals surface area contributed by atoms with Crippen LogP contribution in [0.2, 0.25) is 0 Å². The minimum atomic E-state index is -1.10. The highest BCUT2D eigenvalue weighted by Gasteiger charge is 2.16. The largest absolute Gasteiger partial charge is 0.476 e. The molecule has 0 saturated heterocycles. The van der Waals surface area contributed by atoms with E-state index in [1.165, 1.54) is 0 Å². The summed E-state index contributed by atoms with van der Waals surface area (Å²) >= 11 is 0. The second-order valence-corrected chi connectivity index (χ2v) is 3.53. The number of carboxylic acids is 1. The van der Waals surface area contributed by atoms with E-state index in [9.17, 15) is 4.79 Å². The highest BCUT2D eigenvalue weighted by Crippen LogP contribution is 2.20. The van der Waals surface area contributed by atoms with Gasteiger partial charge in [-0.3, -0.25) is 4.68 Å². The molecule has 0 aliphatic heterocycles. The number of aryl methyl sites for hydroxylation is 2. The molecule has 0 amide bonds. The van der Waals surface area contributed by atoms with Crippen LogP contribution in [0.4, 0.5) is 0 Å². The van der Waals surface area contributed by atoms with E-state index >= 15 is 0 Å². The SMILES string of the molecule is CCc1cc(-c2nc(C(=O)O)co2)n(CC)n1. The van der Waals surface area contributed by atoms with Crippen LogP contribution in [0.1, 0.15) is 30.0 Å². The van der Waals surface area contributed by atoms with Gasteiger partial charge in [0.25, 0.3) is 0 Å². The van der Waals surface area contributed by atoms with E-state index in [0.29, 0.717) is 12.2 Å². The third-order valence-corrected chi connectivity index (χ3v) is 2.43. The van der Waals surface area contributed by atoms with Crippen molar-refractivity contribution in [3.8, 4) is 11.6 Å². The molecule has 6 nitrogen and oxygen atoms in total. The number of carboxylic acid groups (broad SMARTS) is 1. The number of nitrogens with zero attached hydrogens (tertiary/aromatic N) is 3. The molecule has 0 atom stereocenters. The maximum Gasteiger partial charge on any atom is 0.357 e. The Morgan fingerprint density at radius 1 is 1.53 bits per heavy atom. The van der Waals surface area contributed by atoms with Crippen molar-refractivity contribution in [1.29, 1.82) is 0 Å². The summed E-state index contributed by atoms with van der Waals surface area (Å²) in [7, 11) is 0. The second kappa shape index (κ2) is 4.40. The first-order valence-corrected chi connectivity index (χ1v) is 5.41. The molecule has 17 heavy (non-hydrogen) atoms. The fourth-order valence-electron chi connectivity index (χ4n) is 1.55. The number of aromatic carboxylic acids is 1. The number of aromatic nitrogens is 3. The Labute approximate surface area is 97.9 Å². The van der Waals surface area contributed by atoms with Crippen molar-refractivity contribution in [3.63, 3.8) is 0 Å². The Balaban J connectivity index is 2.43. The van der Waals surface area contributed by atoms with Gasteiger partial charge in [-0.1, -0.05) is 6.92 Å². The molecule has 6 heteroatoms. The lowest BCUT2D eigenvalue weighted by Crippen LogP contribution is -2.00. The number of oxazole rings is 1. The Morgan fingerprint density at radius 3 is 2.82 bits per heavy atom. The van der Waals surface area contributed by atoms with Gasteiger partial charge in [-0.15, -0.1) is 0 Å². The molecule has 0 aromatic carbocycles. The summed E-state index contributed by atoms with van der Waals surface area (Å²) in [5, 5.41) is 13.1. The molecular formula is C11H13N3O3. The summed E-state index contributed by atoms with van der Waals surface area (Å²) in [5.74, 6) is -0.810. The van der Waals surface area contributed by atoms with Crippen molar-refractivity contribution >= 4 is 5.97 Å². The van der Waals surface area contributed by atoms with Crippen LogP contribution in [0.25, 0.3) is 11.6 Å². The van der Waals surface area contributed by atoms with E-state index in [1.807, 2.05) is 19.9 Å². The lowest BCUT2D eigenvalue weighted by molar-refractivity contribution is 0.0690. The number of hydrogen-bond donors (Lipinski definition) is 1. The van der Waals surface area contributed by atoms with Crippen molar-refractivity contribution < 1.29 is 14.3 Å². The lowest BCUT2D eigenvalue weighted by atomic mass is 10.3. The highest BCUT2D eigenvalue weighted by molar-refractivity contribution is 5.85. The van der Waals surface area contributed by atoms with Gasteiger partial charge in [0.2, 0.25) is 5.89 Å². The van der Waals surface area contributed by atoms with Crippen LogP contribution in [0.15, 0.2) is 16.7 Å². The Bertz CT molecular complexity index is 542. The van der Waals surface area contributed by atoms with Gasteiger partial charge < -0.3 is 9.52 Å². The van der Waals surface area contributed by atoms with Gasteiger partial charge >= 0.3 is 5.97 Å². The van der Waals surface area contributed by atoms with Crippen molar-refractivity contribution in [2.45, 2.75) is 26.8 Å². The first-order valence-electron chi connectivity index (χ1n) is 5.41. The van der Waals surface area contributed by atoms with Crippen LogP contribution in [-0.4, -0.2) is 25.8 Å². The van der Waals surface area contributed by atoms with E-state index in [1.54, 1.807) is 4.68 Å². The quantitative estimate of drug-likeness (QED) is 0.874. The van der Waals surface area contributed by atoms with Crippen LogP contribution in [0.5, 0.6) is 0 Å². The predicted molar refractivity (Wildman–Crippen MR) is 59.7 cm³/mol. The average molecular weight is 235 g/mol. The molecule has 0 spiro atoms. The number of carbonyl (C=O) groups is 1. The molecule has 2 aromatic heterocycles. The molecule has 0 unspecified atom stereocenters. The molecule has 0 aliphatic carbocycles. The highest BCUT2D eigenvalue weighted by atomic mass is 16.4. The summed E-state index contributed by atoms with van der Waals surface area (Å²) in [6.45, 7) is 4.64. The van der Waals surface area contributed by atoms with Crippen molar-refractivity contribution in [1.82, 2.24) is 14.8 Å². The van der Waals surface area contributed by atoms with Crippen LogP contribution < -0.4 is 0 Å². The summed E-state index contributed by atoms with van der Waals surface area (Å²) in [4.78, 5) is 14.6. The third kappa shape index (κ3) is 2.06. The smallest absolute Gasteiger partial charge is 0.357 e. The third-order valence-electron chi connectivity index (χ3n) is 2.43. The maximum atomic E-state index is 10.7. The fourth-order valence-corrected chi connectivity index (χ4v) is 1.55. The zero-order valence-corrected chi connectivity index (χ0v) is 9.67. The molecule has 0 radical (unpaired) electrons. The van der Waals surface area contributed by atoms with Crippen LogP contribution in [0, 0.1) is 0 Å². The predicted octanol–water partition coefficient (Wildman–Crippen LogP) is 1.82. The van der Waals surface area contributed by atoms with Gasteiger partial charge in [0.15, 0.2) is 5.69 Å². The van der Waals surface area contributed by atoms with Gasteiger partial charge in [0, 0.05) is 6.54 Å². The summed E-state index contributed by atoms with van der Waals surface area (Å²) in [6, 6.07) is 1.86. The summed E-state index contributed by atoms with van der Waals surface area (Å²) in [6.07, 6.45) is 1.95. The topological polar surface area (TPSA) is 81.1 Å². The van der Waals surface area contributed by atoms with E-state index in [0.717, 1.165) is 18.4 Å². The average Bonchev–Trinajstić information content (AvgIpc) is 2.94. The fraction of sp³-hybridized carbons (Fsp3) is 0.364. The normalized spacial score (nSPS) is 10.7. The van der Waals surface area contributed by atoms with Gasteiger partial charge in [-0.05, 0) is 19.4 Å². The molecular weight excluding hydrogens is 222 g/mol. The molecule has 0 bridgehead atoms. The molecule has 2 rings (SSSR count). The van der Waals surface area contributed by atoms with E-state index < -0.39 is 5.97 Å². The van der Waals surface area contributed by atoms with Crippen molar-refractivity contribution in [2.75, 3.05) is 0 Å². The van der Waals surface area contributed by atoms with Gasteiger partial charge in [0.1, 0.15) is 12.0 Å². The molecule has 2 heterocycles. The summed E-state index contributed by atoms with van der Waals surface area (Å²) < 4.78 is 6.91. The Morgan fingerprint density at radius 2 is 2.29 bits per heavy atom. The molecule has 1 N–H and O–H groups in total. The van der Waals surface area contributed by atoms with Crippen LogP contribution in [0.3, 0.4) is 0 Å². The first-order chi connectivity index (χ1) is 8.15. The zero-order valence-electron chi connectivity index (χ0n) is 9.67. The lowest BCUT2D eigenvalue weighted by Gasteiger charge is -1.98. The second-order valence-electron chi connectivity index (χ2n) is 3.53. The van der Waals surface area contributed by atoms with E-state index in [4.69, 9.17) is 9.52 Å². The van der Waals surface area contributed by atoms with Gasteiger partial charge in [-0.25, -0.2) is 9.78 Å². The van der Waals surface area contributed by atoms with Gasteiger partial charge in [-0.2, -0.15) is 5.10 Å². The minimum Gasteiger partial charge on any atom is -0.476 e. The molecule has 0 fully saturated rings. The monoisotopic (exact) mass is 235 g/mol. The minimum absolute atomic E-state index is 0.0955. The van der Waals surface area contributed by atoms with Gasteiger partial charge in [0.05, 0.1) is 5.69 Å². The number of hydrogen-bond acceptors (Lipinski definition) is 4. The van der Waals surface area contributed by atoms with E-state index in [-0.39, 0.29) is 11.6 Å². The molecule has 2 aromatic rings. The standard InChI is InChI=1S/C11H13N3O3/c1-3-7-5-9(14(4-2)13-7)10-12-8(6-17-10)11(15)16/h5-6H,3-4H2,1-2H3,(H,15,16). The van der Waals surface area contributed by atoms with Crippen LogP contribution >= 0.6 is 0 Å². The van der Waals surface area contributed by atoms with Crippen molar-refractivity contribution in [2.24, 2.45) is 0 Å². The van der Waals surface area contributed by atoms with Crippen LogP contribution in [-0.2, 0) is 13.0 Å². The summed E-state index contributed by atoms with van der Waals surface area (Å²) in [5.41, 5.74) is 1.54. The Kier molecular flexibility index (Phi) is 2.95.